The molecule has 152 valence electrons. The molecule has 0 atom stereocenters. The Balaban J connectivity index is 1.37. The predicted molar refractivity (Wildman–Crippen MR) is 121 cm³/mol. The number of morpholine rings is 1. The average Bonchev–Trinajstić information content (AvgIpc) is 3.29. The summed E-state index contributed by atoms with van der Waals surface area (Å²) < 4.78 is 11.9. The van der Waals surface area contributed by atoms with Crippen LogP contribution in [-0.4, -0.2) is 59.4 Å². The fourth-order valence-electron chi connectivity index (χ4n) is 3.30. The van der Waals surface area contributed by atoms with Crippen molar-refractivity contribution in [3.63, 3.8) is 0 Å². The lowest BCUT2D eigenvalue weighted by Gasteiger charge is -2.27. The Morgan fingerprint density at radius 3 is 2.62 bits per heavy atom. The summed E-state index contributed by atoms with van der Waals surface area (Å²) in [5, 5.41) is 0.679. The van der Waals surface area contributed by atoms with Crippen molar-refractivity contribution in [1.82, 2.24) is 9.80 Å². The van der Waals surface area contributed by atoms with Gasteiger partial charge in [0.05, 0.1) is 18.1 Å². The molecule has 8 heteroatoms. The maximum absolute atomic E-state index is 12.8. The number of carbonyl (C=O) groups is 1. The maximum atomic E-state index is 12.8. The number of carbonyl (C=O) groups excluding carboxylic acids is 1. The second kappa shape index (κ2) is 9.45. The number of hydrogen-bond donors (Lipinski definition) is 0. The van der Waals surface area contributed by atoms with E-state index in [4.69, 9.17) is 33.0 Å². The Labute approximate surface area is 184 Å². The molecule has 0 aliphatic carbocycles. The lowest BCUT2D eigenvalue weighted by atomic mass is 10.2. The van der Waals surface area contributed by atoms with Crippen LogP contribution in [0.25, 0.3) is 17.4 Å². The van der Waals surface area contributed by atoms with E-state index in [1.165, 1.54) is 11.8 Å². The Morgan fingerprint density at radius 2 is 1.86 bits per heavy atom. The molecule has 0 unspecified atom stereocenters. The van der Waals surface area contributed by atoms with Crippen molar-refractivity contribution >= 4 is 51.9 Å². The third kappa shape index (κ3) is 5.10. The summed E-state index contributed by atoms with van der Waals surface area (Å²) in [5.41, 5.74) is 0.935. The molecule has 3 heterocycles. The van der Waals surface area contributed by atoms with Gasteiger partial charge in [-0.25, -0.2) is 0 Å². The summed E-state index contributed by atoms with van der Waals surface area (Å²) in [4.78, 5) is 17.4. The van der Waals surface area contributed by atoms with Crippen LogP contribution in [0.5, 0.6) is 0 Å². The van der Waals surface area contributed by atoms with Crippen LogP contribution in [0.4, 0.5) is 0 Å². The number of hydrogen-bond acceptors (Lipinski definition) is 6. The molecule has 2 aromatic rings. The highest BCUT2D eigenvalue weighted by Crippen LogP contribution is 2.33. The molecule has 4 rings (SSSR count). The van der Waals surface area contributed by atoms with E-state index in [1.807, 2.05) is 36.4 Å². The van der Waals surface area contributed by atoms with Crippen LogP contribution < -0.4 is 0 Å². The van der Waals surface area contributed by atoms with E-state index in [1.54, 1.807) is 11.0 Å². The number of ether oxygens (including phenoxy) is 1. The lowest BCUT2D eigenvalue weighted by molar-refractivity contribution is -0.122. The molecule has 1 aromatic heterocycles. The summed E-state index contributed by atoms with van der Waals surface area (Å²) in [6.45, 7) is 5.05. The third-order valence-electron chi connectivity index (χ3n) is 4.86. The standard InChI is InChI=1S/C21H21ClN2O3S2/c22-16-4-2-15(3-5-16)18-7-6-17(27-18)14-19-20(25)24(21(28)29-19)9-1-8-23-10-12-26-13-11-23/h2-7,14H,1,8-13H2. The van der Waals surface area contributed by atoms with Crippen LogP contribution >= 0.6 is 35.6 Å². The average molecular weight is 449 g/mol. The van der Waals surface area contributed by atoms with Gasteiger partial charge in [-0.1, -0.05) is 35.6 Å². The molecule has 5 nitrogen and oxygen atoms in total. The van der Waals surface area contributed by atoms with Crippen LogP contribution in [-0.2, 0) is 9.53 Å². The molecule has 0 saturated carbocycles. The molecule has 2 aliphatic rings. The normalized spacial score (nSPS) is 19.5. The van der Waals surface area contributed by atoms with Crippen molar-refractivity contribution in [2.45, 2.75) is 6.42 Å². The van der Waals surface area contributed by atoms with Gasteiger partial charge in [-0.3, -0.25) is 14.6 Å². The molecule has 1 aromatic carbocycles. The molecule has 0 radical (unpaired) electrons. The zero-order valence-electron chi connectivity index (χ0n) is 15.8. The van der Waals surface area contributed by atoms with Crippen molar-refractivity contribution < 1.29 is 13.9 Å². The number of amides is 1. The summed E-state index contributed by atoms with van der Waals surface area (Å²) in [6, 6.07) is 11.2. The van der Waals surface area contributed by atoms with Crippen molar-refractivity contribution in [1.29, 1.82) is 0 Å². The van der Waals surface area contributed by atoms with E-state index in [-0.39, 0.29) is 5.91 Å². The number of furan rings is 1. The molecule has 0 bridgehead atoms. The van der Waals surface area contributed by atoms with Gasteiger partial charge in [0.25, 0.3) is 5.91 Å². The van der Waals surface area contributed by atoms with E-state index in [0.29, 0.717) is 26.6 Å². The minimum atomic E-state index is -0.0496. The highest BCUT2D eigenvalue weighted by atomic mass is 35.5. The zero-order chi connectivity index (χ0) is 20.2. The minimum absolute atomic E-state index is 0.0496. The van der Waals surface area contributed by atoms with E-state index in [9.17, 15) is 4.79 Å². The van der Waals surface area contributed by atoms with Gasteiger partial charge in [-0.15, -0.1) is 0 Å². The number of thioether (sulfide) groups is 1. The maximum Gasteiger partial charge on any atom is 0.266 e. The molecule has 1 amide bonds. The Morgan fingerprint density at radius 1 is 1.10 bits per heavy atom. The Bertz CT molecular complexity index is 920. The molecule has 2 aliphatic heterocycles. The first-order valence-corrected chi connectivity index (χ1v) is 11.1. The number of benzene rings is 1. The van der Waals surface area contributed by atoms with Gasteiger partial charge in [-0.05, 0) is 42.8 Å². The van der Waals surface area contributed by atoms with Crippen LogP contribution in [0, 0.1) is 0 Å². The summed E-state index contributed by atoms with van der Waals surface area (Å²) in [5.74, 6) is 1.31. The van der Waals surface area contributed by atoms with E-state index >= 15 is 0 Å². The number of thiocarbonyl (C=S) groups is 1. The van der Waals surface area contributed by atoms with Crippen LogP contribution in [0.3, 0.4) is 0 Å². The van der Waals surface area contributed by atoms with Gasteiger partial charge in [0, 0.05) is 42.8 Å². The smallest absolute Gasteiger partial charge is 0.266 e. The monoisotopic (exact) mass is 448 g/mol. The van der Waals surface area contributed by atoms with Crippen molar-refractivity contribution in [3.05, 3.63) is 52.1 Å². The molecular weight excluding hydrogens is 428 g/mol. The number of halogens is 1. The van der Waals surface area contributed by atoms with Crippen molar-refractivity contribution in [3.8, 4) is 11.3 Å². The first-order valence-electron chi connectivity index (χ1n) is 9.51. The summed E-state index contributed by atoms with van der Waals surface area (Å²) in [7, 11) is 0. The second-order valence-corrected chi connectivity index (χ2v) is 8.96. The van der Waals surface area contributed by atoms with Crippen LogP contribution in [0.15, 0.2) is 45.7 Å². The van der Waals surface area contributed by atoms with E-state index in [2.05, 4.69) is 4.90 Å². The minimum Gasteiger partial charge on any atom is -0.457 e. The number of nitrogens with zero attached hydrogens (tertiary/aromatic N) is 2. The Hall–Kier alpha value is -1.64. The molecular formula is C21H21ClN2O3S2. The molecule has 29 heavy (non-hydrogen) atoms. The van der Waals surface area contributed by atoms with Crippen molar-refractivity contribution in [2.75, 3.05) is 39.4 Å². The fraction of sp³-hybridized carbons (Fsp3) is 0.333. The lowest BCUT2D eigenvalue weighted by Crippen LogP contribution is -2.38. The quantitative estimate of drug-likeness (QED) is 0.478. The SMILES string of the molecule is O=C1C(=Cc2ccc(-c3ccc(Cl)cc3)o2)SC(=S)N1CCCN1CCOCC1. The molecule has 0 N–H and O–H groups in total. The zero-order valence-corrected chi connectivity index (χ0v) is 18.2. The van der Waals surface area contributed by atoms with Gasteiger partial charge in [0.15, 0.2) is 0 Å². The van der Waals surface area contributed by atoms with E-state index < -0.39 is 0 Å². The van der Waals surface area contributed by atoms with Crippen molar-refractivity contribution in [2.24, 2.45) is 0 Å². The highest BCUT2D eigenvalue weighted by Gasteiger charge is 2.32. The molecule has 0 spiro atoms. The van der Waals surface area contributed by atoms with Gasteiger partial charge in [0.2, 0.25) is 0 Å². The number of rotatable bonds is 6. The van der Waals surface area contributed by atoms with Gasteiger partial charge in [0.1, 0.15) is 15.8 Å². The molecule has 2 fully saturated rings. The highest BCUT2D eigenvalue weighted by molar-refractivity contribution is 8.26. The summed E-state index contributed by atoms with van der Waals surface area (Å²) in [6.07, 6.45) is 2.65. The largest absolute Gasteiger partial charge is 0.457 e. The van der Waals surface area contributed by atoms with Crippen LogP contribution in [0.2, 0.25) is 5.02 Å². The Kier molecular flexibility index (Phi) is 6.72. The van der Waals surface area contributed by atoms with Gasteiger partial charge >= 0.3 is 0 Å². The third-order valence-corrected chi connectivity index (χ3v) is 6.49. The van der Waals surface area contributed by atoms with E-state index in [0.717, 1.165) is 50.6 Å². The first-order chi connectivity index (χ1) is 14.1. The van der Waals surface area contributed by atoms with Crippen LogP contribution in [0.1, 0.15) is 12.2 Å². The first kappa shape index (κ1) is 20.6. The fourth-order valence-corrected chi connectivity index (χ4v) is 4.71. The predicted octanol–water partition coefficient (Wildman–Crippen LogP) is 4.52. The topological polar surface area (TPSA) is 45.9 Å². The second-order valence-electron chi connectivity index (χ2n) is 6.85. The summed E-state index contributed by atoms with van der Waals surface area (Å²) >= 11 is 12.7. The van der Waals surface area contributed by atoms with Gasteiger partial charge in [-0.2, -0.15) is 0 Å². The van der Waals surface area contributed by atoms with Gasteiger partial charge < -0.3 is 9.15 Å². The molecule has 2 saturated heterocycles.